The minimum absolute atomic E-state index is 0.877. The van der Waals surface area contributed by atoms with Crippen LogP contribution in [0, 0.1) is 13.8 Å². The molecule has 8 aromatic rings. The second kappa shape index (κ2) is 21.7. The zero-order valence-corrected chi connectivity index (χ0v) is 33.1. The average Bonchev–Trinajstić information content (AvgIpc) is 3.62. The van der Waals surface area contributed by atoms with E-state index in [4.69, 9.17) is 4.42 Å². The number of rotatable bonds is 3. The first kappa shape index (κ1) is 41.0. The lowest BCUT2D eigenvalue weighted by molar-refractivity contribution is 0.668. The van der Waals surface area contributed by atoms with Gasteiger partial charge in [0.1, 0.15) is 11.2 Å². The molecule has 1 heteroatoms. The summed E-state index contributed by atoms with van der Waals surface area (Å²) in [5.41, 5.74) is 7.26. The van der Waals surface area contributed by atoms with Crippen LogP contribution in [0.2, 0.25) is 0 Å². The molecule has 268 valence electrons. The van der Waals surface area contributed by atoms with Gasteiger partial charge in [0.05, 0.1) is 0 Å². The zero-order chi connectivity index (χ0) is 37.9. The van der Waals surface area contributed by atoms with Crippen molar-refractivity contribution in [1.29, 1.82) is 0 Å². The minimum Gasteiger partial charge on any atom is -0.456 e. The Bertz CT molecular complexity index is 2200. The molecule has 0 radical (unpaired) electrons. The first-order valence-electron chi connectivity index (χ1n) is 19.1. The normalized spacial score (nSPS) is 10.4. The van der Waals surface area contributed by atoms with Crippen LogP contribution in [0.15, 0.2) is 162 Å². The standard InChI is InChI=1S/C29H22O.C10H8.C6H10.3C2H6/c1-18-9-7-15-26-28(18)29-20(10-8-16-27(29)30-26)17-25-23-13-5-3-11-21(23)19(2)22-12-4-6-14-24(22)25;1-2-6-10-8-4-3-7-9(10)5-1;1-3-5-6-4-2;3*1-2/h3-16H,17H2,1-2H3;1-8H;3-6H,1-2H3;3*1-2H3/b;;5-3-,6-4-;;;. The van der Waals surface area contributed by atoms with Crippen molar-refractivity contribution in [3.8, 4) is 0 Å². The first-order chi connectivity index (χ1) is 25.6. The largest absolute Gasteiger partial charge is 0.456 e. The van der Waals surface area contributed by atoms with E-state index in [2.05, 4.69) is 147 Å². The van der Waals surface area contributed by atoms with Crippen LogP contribution in [-0.4, -0.2) is 0 Å². The number of hydrogen-bond donors (Lipinski definition) is 0. The second-order valence-corrected chi connectivity index (χ2v) is 11.6. The molecule has 0 spiro atoms. The van der Waals surface area contributed by atoms with Crippen molar-refractivity contribution in [3.05, 3.63) is 180 Å². The van der Waals surface area contributed by atoms with Crippen LogP contribution in [0.4, 0.5) is 0 Å². The molecule has 7 aromatic carbocycles. The quantitative estimate of drug-likeness (QED) is 0.133. The summed E-state index contributed by atoms with van der Waals surface area (Å²) in [5, 5.41) is 10.5. The molecule has 1 nitrogen and oxygen atoms in total. The molecule has 0 aliphatic heterocycles. The molecule has 0 fully saturated rings. The molecule has 0 saturated heterocycles. The highest BCUT2D eigenvalue weighted by Gasteiger charge is 2.16. The fourth-order valence-corrected chi connectivity index (χ4v) is 6.43. The molecule has 0 atom stereocenters. The van der Waals surface area contributed by atoms with Gasteiger partial charge in [-0.3, -0.25) is 0 Å². The lowest BCUT2D eigenvalue weighted by atomic mass is 9.88. The minimum atomic E-state index is 0.877. The van der Waals surface area contributed by atoms with E-state index in [1.807, 2.05) is 79.7 Å². The molecular weight excluding hydrogens is 629 g/mol. The predicted molar refractivity (Wildman–Crippen MR) is 235 cm³/mol. The number of furan rings is 1. The first-order valence-corrected chi connectivity index (χ1v) is 19.1. The molecule has 0 bridgehead atoms. The molecule has 0 saturated carbocycles. The lowest BCUT2D eigenvalue weighted by Gasteiger charge is -2.15. The van der Waals surface area contributed by atoms with Gasteiger partial charge in [-0.05, 0) is 101 Å². The van der Waals surface area contributed by atoms with Crippen LogP contribution in [-0.2, 0) is 6.42 Å². The highest BCUT2D eigenvalue weighted by atomic mass is 16.3. The molecule has 0 unspecified atom stereocenters. The fraction of sp³-hybridized carbons (Fsp3) is 0.216. The van der Waals surface area contributed by atoms with Gasteiger partial charge in [-0.25, -0.2) is 0 Å². The third-order valence-electron chi connectivity index (χ3n) is 8.65. The Kier molecular flexibility index (Phi) is 17.1. The van der Waals surface area contributed by atoms with Crippen molar-refractivity contribution in [3.63, 3.8) is 0 Å². The zero-order valence-electron chi connectivity index (χ0n) is 33.1. The number of fused-ring (bicyclic) bond motifs is 6. The van der Waals surface area contributed by atoms with Crippen LogP contribution in [0.3, 0.4) is 0 Å². The van der Waals surface area contributed by atoms with Gasteiger partial charge in [0.15, 0.2) is 0 Å². The molecule has 1 heterocycles. The van der Waals surface area contributed by atoms with Gasteiger partial charge in [0.25, 0.3) is 0 Å². The van der Waals surface area contributed by atoms with Crippen LogP contribution < -0.4 is 0 Å². The molecule has 8 rings (SSSR count). The van der Waals surface area contributed by atoms with E-state index in [9.17, 15) is 0 Å². The van der Waals surface area contributed by atoms with Crippen LogP contribution >= 0.6 is 0 Å². The predicted octanol–water partition coefficient (Wildman–Crippen LogP) is 16.2. The summed E-state index contributed by atoms with van der Waals surface area (Å²) < 4.78 is 6.21. The summed E-state index contributed by atoms with van der Waals surface area (Å²) in [5.74, 6) is 0. The highest BCUT2D eigenvalue weighted by molar-refractivity contribution is 6.10. The maximum atomic E-state index is 6.21. The van der Waals surface area contributed by atoms with Gasteiger partial charge in [0.2, 0.25) is 0 Å². The summed E-state index contributed by atoms with van der Waals surface area (Å²) in [4.78, 5) is 0. The van der Waals surface area contributed by atoms with Gasteiger partial charge >= 0.3 is 0 Å². The van der Waals surface area contributed by atoms with E-state index in [1.54, 1.807) is 0 Å². The van der Waals surface area contributed by atoms with E-state index in [0.717, 1.165) is 17.6 Å². The SMILES string of the molecule is C/C=C\C=C/C.CC.CC.CC.Cc1c2ccccc2c(Cc2cccc3oc4cccc(C)c4c23)c2ccccc12.c1ccc2ccccc2c1. The molecule has 0 aliphatic carbocycles. The van der Waals surface area contributed by atoms with E-state index in [1.165, 1.54) is 65.3 Å². The smallest absolute Gasteiger partial charge is 0.135 e. The Labute approximate surface area is 313 Å². The Morgan fingerprint density at radius 1 is 0.442 bits per heavy atom. The van der Waals surface area contributed by atoms with Gasteiger partial charge in [0, 0.05) is 10.8 Å². The number of benzene rings is 7. The summed E-state index contributed by atoms with van der Waals surface area (Å²) in [6.45, 7) is 20.4. The van der Waals surface area contributed by atoms with Gasteiger partial charge in [-0.2, -0.15) is 0 Å². The monoisotopic (exact) mass is 686 g/mol. The Morgan fingerprint density at radius 3 is 1.31 bits per heavy atom. The van der Waals surface area contributed by atoms with Crippen molar-refractivity contribution in [2.24, 2.45) is 0 Å². The summed E-state index contributed by atoms with van der Waals surface area (Å²) in [6.07, 6.45) is 8.88. The van der Waals surface area contributed by atoms with Crippen LogP contribution in [0.5, 0.6) is 0 Å². The lowest BCUT2D eigenvalue weighted by Crippen LogP contribution is -1.95. The van der Waals surface area contributed by atoms with E-state index in [0.29, 0.717) is 0 Å². The number of allylic oxidation sites excluding steroid dienone is 4. The summed E-state index contributed by atoms with van der Waals surface area (Å²) in [7, 11) is 0. The van der Waals surface area contributed by atoms with Gasteiger partial charge in [-0.1, -0.05) is 187 Å². The average molecular weight is 687 g/mol. The van der Waals surface area contributed by atoms with Crippen molar-refractivity contribution in [1.82, 2.24) is 0 Å². The van der Waals surface area contributed by atoms with Crippen molar-refractivity contribution >= 4 is 54.3 Å². The third-order valence-corrected chi connectivity index (χ3v) is 8.65. The Hall–Kier alpha value is -5.40. The molecule has 1 aromatic heterocycles. The molecule has 0 aliphatic rings. The maximum Gasteiger partial charge on any atom is 0.135 e. The topological polar surface area (TPSA) is 13.1 Å². The fourth-order valence-electron chi connectivity index (χ4n) is 6.43. The van der Waals surface area contributed by atoms with Gasteiger partial charge < -0.3 is 4.42 Å². The molecular formula is C51H58O. The summed E-state index contributed by atoms with van der Waals surface area (Å²) >= 11 is 0. The molecule has 52 heavy (non-hydrogen) atoms. The van der Waals surface area contributed by atoms with Crippen molar-refractivity contribution in [2.75, 3.05) is 0 Å². The van der Waals surface area contributed by atoms with Crippen LogP contribution in [0.25, 0.3) is 54.3 Å². The molecule has 0 N–H and O–H groups in total. The maximum absolute atomic E-state index is 6.21. The third kappa shape index (κ3) is 9.68. The second-order valence-electron chi connectivity index (χ2n) is 11.6. The van der Waals surface area contributed by atoms with Gasteiger partial charge in [-0.15, -0.1) is 0 Å². The number of hydrogen-bond acceptors (Lipinski definition) is 1. The highest BCUT2D eigenvalue weighted by Crippen LogP contribution is 2.38. The van der Waals surface area contributed by atoms with Crippen LogP contribution in [0.1, 0.15) is 77.6 Å². The number of aryl methyl sites for hydroxylation is 2. The van der Waals surface area contributed by atoms with Crippen molar-refractivity contribution in [2.45, 2.75) is 75.7 Å². The van der Waals surface area contributed by atoms with E-state index < -0.39 is 0 Å². The van der Waals surface area contributed by atoms with Crippen molar-refractivity contribution < 1.29 is 4.42 Å². The molecule has 0 amide bonds. The summed E-state index contributed by atoms with van der Waals surface area (Å²) in [6, 6.07) is 47.1. The Balaban J connectivity index is 0.000000273. The van der Waals surface area contributed by atoms with E-state index >= 15 is 0 Å². The van der Waals surface area contributed by atoms with E-state index in [-0.39, 0.29) is 0 Å². The Morgan fingerprint density at radius 2 is 0.846 bits per heavy atom.